The molecule has 1 N–H and O–H groups in total. The van der Waals surface area contributed by atoms with Crippen molar-refractivity contribution in [1.82, 2.24) is 0 Å². The number of aryl methyl sites for hydroxylation is 1. The van der Waals surface area contributed by atoms with Gasteiger partial charge in [0, 0.05) is 17.0 Å². The quantitative estimate of drug-likeness (QED) is 0.563. The second-order valence-corrected chi connectivity index (χ2v) is 5.57. The predicted molar refractivity (Wildman–Crippen MR) is 86.8 cm³/mol. The maximum absolute atomic E-state index is 11.9. The summed E-state index contributed by atoms with van der Waals surface area (Å²) in [5, 5.41) is 19.2. The molecular weight excluding hydrogens is 292 g/mol. The molecule has 5 heteroatoms. The number of hydrogen-bond donors (Lipinski definition) is 1. The summed E-state index contributed by atoms with van der Waals surface area (Å²) in [5.41, 5.74) is 2.91. The zero-order valence-corrected chi connectivity index (χ0v) is 12.3. The van der Waals surface area contributed by atoms with E-state index in [4.69, 9.17) is 4.42 Å². The molecule has 0 spiro atoms. The Morgan fingerprint density at radius 1 is 1.00 bits per heavy atom. The molecule has 1 aromatic heterocycles. The minimum absolute atomic E-state index is 0.0571. The van der Waals surface area contributed by atoms with Crippen LogP contribution in [0.15, 0.2) is 61.9 Å². The molecule has 0 bridgehead atoms. The molecule has 0 atom stereocenters. The second kappa shape index (κ2) is 5.35. The third-order valence-electron chi connectivity index (χ3n) is 4.10. The number of nitrogens with zero attached hydrogens (tertiary/aromatic N) is 2. The predicted octanol–water partition coefficient (Wildman–Crippen LogP) is 4.40. The van der Waals surface area contributed by atoms with E-state index in [9.17, 15) is 9.90 Å². The van der Waals surface area contributed by atoms with Crippen LogP contribution in [0.2, 0.25) is 0 Å². The van der Waals surface area contributed by atoms with Crippen LogP contribution in [0.5, 0.6) is 5.75 Å². The highest BCUT2D eigenvalue weighted by atomic mass is 16.4. The maximum Gasteiger partial charge on any atom is 0.339 e. The fourth-order valence-corrected chi connectivity index (χ4v) is 2.99. The number of rotatable bonds is 2. The van der Waals surface area contributed by atoms with E-state index in [0.29, 0.717) is 17.0 Å². The molecule has 0 saturated heterocycles. The van der Waals surface area contributed by atoms with E-state index in [0.717, 1.165) is 35.8 Å². The highest BCUT2D eigenvalue weighted by molar-refractivity contribution is 5.87. The van der Waals surface area contributed by atoms with Crippen LogP contribution in [0.25, 0.3) is 11.0 Å². The summed E-state index contributed by atoms with van der Waals surface area (Å²) in [5.74, 6) is -0.0571. The number of fused-ring (bicyclic) bond motifs is 3. The van der Waals surface area contributed by atoms with Crippen molar-refractivity contribution in [2.75, 3.05) is 0 Å². The third-order valence-corrected chi connectivity index (χ3v) is 4.10. The van der Waals surface area contributed by atoms with Crippen LogP contribution in [0, 0.1) is 0 Å². The van der Waals surface area contributed by atoms with Crippen LogP contribution in [-0.2, 0) is 12.8 Å². The lowest BCUT2D eigenvalue weighted by Crippen LogP contribution is -2.06. The average Bonchev–Trinajstić information content (AvgIpc) is 3.05. The van der Waals surface area contributed by atoms with Crippen molar-refractivity contribution in [2.24, 2.45) is 10.2 Å². The van der Waals surface area contributed by atoms with E-state index in [-0.39, 0.29) is 11.4 Å². The standard InChI is InChI=1S/C18H14N2O3/c21-16-10-17-14(12-7-4-8-13(12)18(22)23-17)9-15(16)20-19-11-5-2-1-3-6-11/h1-3,5-6,9-10,21H,4,7-8H2. The van der Waals surface area contributed by atoms with E-state index < -0.39 is 0 Å². The Morgan fingerprint density at radius 2 is 1.78 bits per heavy atom. The highest BCUT2D eigenvalue weighted by Crippen LogP contribution is 2.36. The van der Waals surface area contributed by atoms with Gasteiger partial charge >= 0.3 is 5.63 Å². The Morgan fingerprint density at radius 3 is 2.61 bits per heavy atom. The van der Waals surface area contributed by atoms with Gasteiger partial charge in [-0.2, -0.15) is 5.11 Å². The van der Waals surface area contributed by atoms with Gasteiger partial charge in [-0.05, 0) is 43.0 Å². The first-order valence-corrected chi connectivity index (χ1v) is 7.51. The fourth-order valence-electron chi connectivity index (χ4n) is 2.99. The monoisotopic (exact) mass is 306 g/mol. The number of azo groups is 1. The summed E-state index contributed by atoms with van der Waals surface area (Å²) in [6, 6.07) is 12.5. The molecular formula is C18H14N2O3. The van der Waals surface area contributed by atoms with Gasteiger partial charge in [-0.15, -0.1) is 5.11 Å². The number of benzene rings is 2. The van der Waals surface area contributed by atoms with Crippen LogP contribution in [-0.4, -0.2) is 5.11 Å². The van der Waals surface area contributed by atoms with Crippen LogP contribution in [0.1, 0.15) is 17.5 Å². The molecule has 1 aliphatic rings. The van der Waals surface area contributed by atoms with E-state index in [2.05, 4.69) is 10.2 Å². The van der Waals surface area contributed by atoms with Gasteiger partial charge in [-0.25, -0.2) is 4.79 Å². The van der Waals surface area contributed by atoms with Gasteiger partial charge in [0.25, 0.3) is 0 Å². The van der Waals surface area contributed by atoms with Crippen LogP contribution in [0.4, 0.5) is 11.4 Å². The first-order valence-electron chi connectivity index (χ1n) is 7.51. The highest BCUT2D eigenvalue weighted by Gasteiger charge is 2.20. The van der Waals surface area contributed by atoms with Crippen LogP contribution >= 0.6 is 0 Å². The number of aromatic hydroxyl groups is 1. The molecule has 0 fully saturated rings. The van der Waals surface area contributed by atoms with Gasteiger partial charge in [0.05, 0.1) is 5.69 Å². The largest absolute Gasteiger partial charge is 0.505 e. The molecule has 4 rings (SSSR count). The first-order chi connectivity index (χ1) is 11.2. The Labute approximate surface area is 131 Å². The molecule has 3 aromatic rings. The van der Waals surface area contributed by atoms with Crippen molar-refractivity contribution < 1.29 is 9.52 Å². The van der Waals surface area contributed by atoms with Gasteiger partial charge in [0.15, 0.2) is 0 Å². The summed E-state index contributed by atoms with van der Waals surface area (Å²) < 4.78 is 5.32. The minimum atomic E-state index is -0.303. The van der Waals surface area contributed by atoms with Gasteiger partial charge in [-0.1, -0.05) is 18.2 Å². The van der Waals surface area contributed by atoms with Crippen LogP contribution < -0.4 is 5.63 Å². The Hall–Kier alpha value is -2.95. The zero-order valence-electron chi connectivity index (χ0n) is 12.3. The van der Waals surface area contributed by atoms with E-state index >= 15 is 0 Å². The minimum Gasteiger partial charge on any atom is -0.505 e. The van der Waals surface area contributed by atoms with Crippen molar-refractivity contribution in [3.63, 3.8) is 0 Å². The zero-order chi connectivity index (χ0) is 15.8. The molecule has 0 amide bonds. The lowest BCUT2D eigenvalue weighted by molar-refractivity contribution is 0.474. The lowest BCUT2D eigenvalue weighted by atomic mass is 10.1. The third kappa shape index (κ3) is 2.40. The van der Waals surface area contributed by atoms with Crippen molar-refractivity contribution in [2.45, 2.75) is 19.3 Å². The van der Waals surface area contributed by atoms with E-state index in [1.54, 1.807) is 6.07 Å². The van der Waals surface area contributed by atoms with E-state index in [1.807, 2.05) is 30.3 Å². The first kappa shape index (κ1) is 13.7. The van der Waals surface area contributed by atoms with Crippen molar-refractivity contribution in [3.8, 4) is 5.75 Å². The normalized spacial score (nSPS) is 13.7. The van der Waals surface area contributed by atoms with Gasteiger partial charge in [-0.3, -0.25) is 0 Å². The summed E-state index contributed by atoms with van der Waals surface area (Å²) in [6.07, 6.45) is 2.54. The SMILES string of the molecule is O=c1oc2cc(O)c(N=Nc3ccccc3)cc2c2c1CCC2. The Balaban J connectivity index is 1.85. The number of hydrogen-bond acceptors (Lipinski definition) is 5. The van der Waals surface area contributed by atoms with Crippen molar-refractivity contribution in [3.05, 3.63) is 64.0 Å². The molecule has 114 valence electrons. The summed E-state index contributed by atoms with van der Waals surface area (Å²) in [7, 11) is 0. The molecule has 23 heavy (non-hydrogen) atoms. The Kier molecular flexibility index (Phi) is 3.19. The molecule has 0 saturated carbocycles. The average molecular weight is 306 g/mol. The molecule has 2 aromatic carbocycles. The van der Waals surface area contributed by atoms with Gasteiger partial charge < -0.3 is 9.52 Å². The molecule has 0 aliphatic heterocycles. The molecule has 0 radical (unpaired) electrons. The summed E-state index contributed by atoms with van der Waals surface area (Å²) >= 11 is 0. The van der Waals surface area contributed by atoms with Crippen LogP contribution in [0.3, 0.4) is 0 Å². The van der Waals surface area contributed by atoms with Gasteiger partial charge in [0.1, 0.15) is 17.0 Å². The Bertz CT molecular complexity index is 975. The number of phenolic OH excluding ortho intramolecular Hbond substituents is 1. The molecule has 5 nitrogen and oxygen atoms in total. The molecule has 1 heterocycles. The van der Waals surface area contributed by atoms with Crippen molar-refractivity contribution in [1.29, 1.82) is 0 Å². The van der Waals surface area contributed by atoms with Gasteiger partial charge in [0.2, 0.25) is 0 Å². The smallest absolute Gasteiger partial charge is 0.339 e. The summed E-state index contributed by atoms with van der Waals surface area (Å²) in [4.78, 5) is 11.9. The maximum atomic E-state index is 11.9. The second-order valence-electron chi connectivity index (χ2n) is 5.57. The molecule has 1 aliphatic carbocycles. The number of phenols is 1. The lowest BCUT2D eigenvalue weighted by Gasteiger charge is -2.06. The van der Waals surface area contributed by atoms with Crippen molar-refractivity contribution >= 4 is 22.3 Å². The molecule has 0 unspecified atom stereocenters. The fraction of sp³-hybridized carbons (Fsp3) is 0.167. The van der Waals surface area contributed by atoms with E-state index in [1.165, 1.54) is 6.07 Å². The topological polar surface area (TPSA) is 75.2 Å². The summed E-state index contributed by atoms with van der Waals surface area (Å²) in [6.45, 7) is 0.